The molecule has 0 aromatic heterocycles. The molecule has 0 aromatic carbocycles. The summed E-state index contributed by atoms with van der Waals surface area (Å²) < 4.78 is 0. The van der Waals surface area contributed by atoms with Crippen molar-refractivity contribution < 1.29 is 53.0 Å². The molecule has 39 heavy (non-hydrogen) atoms. The van der Waals surface area contributed by atoms with E-state index in [1.165, 1.54) is 128 Å². The molecule has 0 unspecified atom stereocenters. The molecule has 0 spiro atoms. The molecule has 0 bridgehead atoms. The smallest absolute Gasteiger partial charge is 1.00 e. The zero-order valence-electron chi connectivity index (χ0n) is 24.0. The molecule has 5 heteroatoms. The minimum absolute atomic E-state index is 0. The third kappa shape index (κ3) is 11.4. The van der Waals surface area contributed by atoms with Gasteiger partial charge in [-0.15, -0.1) is 0 Å². The van der Waals surface area contributed by atoms with Crippen molar-refractivity contribution in [2.24, 2.45) is 0 Å². The maximum atomic E-state index is 2.43. The zero-order valence-corrected chi connectivity index (χ0v) is 30.1. The summed E-state index contributed by atoms with van der Waals surface area (Å²) in [5.74, 6) is 0. The average molecular weight is 762 g/mol. The van der Waals surface area contributed by atoms with Crippen molar-refractivity contribution in [3.05, 3.63) is 62.7 Å². The fraction of sp³-hybridized carbons (Fsp3) is 0.706. The van der Waals surface area contributed by atoms with Gasteiger partial charge >= 0.3 is 36.0 Å². The van der Waals surface area contributed by atoms with Crippen molar-refractivity contribution in [3.8, 4) is 0 Å². The monoisotopic (exact) mass is 761 g/mol. The molecule has 6 aliphatic rings. The van der Waals surface area contributed by atoms with E-state index in [1.54, 1.807) is 11.3 Å². The molecule has 0 aromatic rings. The second-order valence-corrected chi connectivity index (χ2v) is 17.9. The molecular weight excluding hydrogens is 710 g/mol. The van der Waals surface area contributed by atoms with E-state index >= 15 is 0 Å². The number of rotatable bonds is 6. The third-order valence-electron chi connectivity index (χ3n) is 9.76. The number of halogens is 1. The van der Waals surface area contributed by atoms with Crippen LogP contribution in [0.4, 0.5) is 0 Å². The molecule has 0 N–H and O–H groups in total. The van der Waals surface area contributed by atoms with E-state index in [2.05, 4.69) is 51.4 Å². The van der Waals surface area contributed by atoms with E-state index in [9.17, 15) is 0 Å². The summed E-state index contributed by atoms with van der Waals surface area (Å²) in [4.78, 5) is 0. The maximum absolute atomic E-state index is 2.43. The van der Waals surface area contributed by atoms with Crippen molar-refractivity contribution in [3.63, 3.8) is 0 Å². The van der Waals surface area contributed by atoms with Crippen molar-refractivity contribution in [1.82, 2.24) is 0 Å². The molecule has 6 fully saturated rings. The molecule has 0 amide bonds. The zero-order chi connectivity index (χ0) is 24.4. The Bertz CT molecular complexity index is 500. The summed E-state index contributed by atoms with van der Waals surface area (Å²) in [6, 6.07) is 0. The molecule has 10 radical (unpaired) electrons. The Labute approximate surface area is 280 Å². The summed E-state index contributed by atoms with van der Waals surface area (Å²) in [5.41, 5.74) is 7.67. The minimum atomic E-state index is 0. The van der Waals surface area contributed by atoms with Gasteiger partial charge in [0.2, 0.25) is 0 Å². The van der Waals surface area contributed by atoms with E-state index in [-0.39, 0.29) is 68.8 Å². The summed E-state index contributed by atoms with van der Waals surface area (Å²) in [5, 5.41) is 0. The second-order valence-electron chi connectivity index (χ2n) is 12.3. The molecule has 6 rings (SSSR count). The van der Waals surface area contributed by atoms with Crippen LogP contribution in [-0.2, 0) is 36.0 Å². The first-order valence-electron chi connectivity index (χ1n) is 15.9. The normalized spacial score (nSPS) is 26.9. The van der Waals surface area contributed by atoms with E-state index in [1.807, 2.05) is 0 Å². The van der Waals surface area contributed by atoms with Crippen LogP contribution < -0.4 is 17.0 Å². The van der Waals surface area contributed by atoms with Crippen LogP contribution in [0.3, 0.4) is 0 Å². The Morgan fingerprint density at radius 2 is 0.590 bits per heavy atom. The number of hydrogen-bond acceptors (Lipinski definition) is 0. The summed E-state index contributed by atoms with van der Waals surface area (Å²) >= 11 is 0. The summed E-state index contributed by atoms with van der Waals surface area (Å²) in [6.07, 6.45) is 48.9. The van der Waals surface area contributed by atoms with Crippen LogP contribution in [0, 0.1) is 62.7 Å². The first kappa shape index (κ1) is 37.6. The van der Waals surface area contributed by atoms with Crippen LogP contribution in [-0.4, -0.2) is 22.6 Å². The summed E-state index contributed by atoms with van der Waals surface area (Å²) in [7, 11) is 0.290. The van der Waals surface area contributed by atoms with Crippen molar-refractivity contribution in [2.45, 2.75) is 151 Å². The van der Waals surface area contributed by atoms with E-state index in [0.717, 1.165) is 22.6 Å². The van der Waals surface area contributed by atoms with Crippen LogP contribution in [0.5, 0.6) is 0 Å². The van der Waals surface area contributed by atoms with Crippen molar-refractivity contribution in [1.29, 1.82) is 0 Å². The average Bonchev–Trinajstić information content (AvgIpc) is 3.68. The van der Waals surface area contributed by atoms with Gasteiger partial charge < -0.3 is 17.0 Å². The SMILES string of the molecule is [Br-].[CH]1[CH][CH][C](P(C2CCCCC2)C2CCCCC2)[CH]1.[CH]1[CH][CH][C](P(C2CCCCC2)C2CCCCC2)[CH]1.[Ni+2].[Ru+2]. The molecular formula is C34H52BrNiP2Ru+3. The van der Waals surface area contributed by atoms with Crippen LogP contribution in [0.25, 0.3) is 0 Å². The van der Waals surface area contributed by atoms with Gasteiger partial charge in [0.15, 0.2) is 0 Å². The predicted molar refractivity (Wildman–Crippen MR) is 162 cm³/mol. The fourth-order valence-electron chi connectivity index (χ4n) is 7.95. The van der Waals surface area contributed by atoms with Gasteiger partial charge in [-0.25, -0.2) is 0 Å². The molecule has 0 heterocycles. The Hall–Kier alpha value is 2.46. The first-order valence-corrected chi connectivity index (χ1v) is 18.9. The van der Waals surface area contributed by atoms with E-state index in [4.69, 9.17) is 0 Å². The van der Waals surface area contributed by atoms with Gasteiger partial charge in [0.1, 0.15) is 0 Å². The van der Waals surface area contributed by atoms with Crippen molar-refractivity contribution in [2.75, 3.05) is 0 Å². The molecule has 0 nitrogen and oxygen atoms in total. The second kappa shape index (κ2) is 21.2. The Balaban J connectivity index is 0.000000254. The Kier molecular flexibility index (Phi) is 20.5. The molecule has 6 saturated carbocycles. The minimum Gasteiger partial charge on any atom is -1.00 e. The predicted octanol–water partition coefficient (Wildman–Crippen LogP) is 7.99. The number of hydrogen-bond donors (Lipinski definition) is 0. The largest absolute Gasteiger partial charge is 2.00 e. The standard InChI is InChI=1S/2C17H26P.BrH.Ni.Ru/c2*1-3-9-15(10-4-1)18(17-13-7-8-14-17)16-11-5-2-6-12-16;;;/h2*7-8,13-16H,1-6,9-12H2;1H;;/q;;;2*+2/p-1. The molecule has 0 aliphatic heterocycles. The van der Waals surface area contributed by atoms with Crippen LogP contribution in [0.1, 0.15) is 128 Å². The maximum Gasteiger partial charge on any atom is 2.00 e. The van der Waals surface area contributed by atoms with Gasteiger partial charge in [-0.3, -0.25) is 0 Å². The van der Waals surface area contributed by atoms with E-state index < -0.39 is 0 Å². The molecule has 6 aliphatic carbocycles. The van der Waals surface area contributed by atoms with Gasteiger partial charge in [-0.2, -0.15) is 0 Å². The van der Waals surface area contributed by atoms with Gasteiger partial charge in [0, 0.05) is 11.3 Å². The summed E-state index contributed by atoms with van der Waals surface area (Å²) in [6.45, 7) is 0. The fourth-order valence-corrected chi connectivity index (χ4v) is 15.5. The van der Waals surface area contributed by atoms with Crippen molar-refractivity contribution >= 4 is 15.8 Å². The van der Waals surface area contributed by atoms with E-state index in [0.29, 0.717) is 0 Å². The van der Waals surface area contributed by atoms with Crippen LogP contribution in [0.2, 0.25) is 0 Å². The molecule has 0 saturated heterocycles. The third-order valence-corrected chi connectivity index (χ3v) is 16.8. The topological polar surface area (TPSA) is 0 Å². The van der Waals surface area contributed by atoms with Crippen LogP contribution >= 0.6 is 15.8 Å². The van der Waals surface area contributed by atoms with Gasteiger partial charge in [0.25, 0.3) is 0 Å². The quantitative estimate of drug-likeness (QED) is 0.190. The molecule has 220 valence electrons. The molecule has 0 atom stereocenters. The van der Waals surface area contributed by atoms with Crippen LogP contribution in [0.15, 0.2) is 0 Å². The van der Waals surface area contributed by atoms with Gasteiger partial charge in [-0.05, 0) is 125 Å². The Morgan fingerprint density at radius 3 is 0.795 bits per heavy atom. The Morgan fingerprint density at radius 1 is 0.385 bits per heavy atom. The van der Waals surface area contributed by atoms with Gasteiger partial charge in [-0.1, -0.05) is 92.9 Å². The van der Waals surface area contributed by atoms with Gasteiger partial charge in [0.05, 0.1) is 0 Å². The first-order chi connectivity index (χ1) is 17.9.